The maximum absolute atomic E-state index is 3.56. The molecule has 1 aliphatic heterocycles. The van der Waals surface area contributed by atoms with Gasteiger partial charge in [-0.25, -0.2) is 0 Å². The third-order valence-electron chi connectivity index (χ3n) is 3.89. The first-order valence-corrected chi connectivity index (χ1v) is 7.54. The van der Waals surface area contributed by atoms with E-state index in [4.69, 9.17) is 0 Å². The quantitative estimate of drug-likeness (QED) is 0.702. The minimum absolute atomic E-state index is 0.378. The monoisotopic (exact) mass is 255 g/mol. The van der Waals surface area contributed by atoms with Crippen molar-refractivity contribution in [2.75, 3.05) is 46.8 Å². The van der Waals surface area contributed by atoms with Crippen molar-refractivity contribution < 1.29 is 0 Å². The summed E-state index contributed by atoms with van der Waals surface area (Å²) in [5.74, 6) is 0. The summed E-state index contributed by atoms with van der Waals surface area (Å²) in [6.07, 6.45) is 3.93. The molecule has 1 aliphatic rings. The fourth-order valence-electron chi connectivity index (χ4n) is 2.86. The van der Waals surface area contributed by atoms with E-state index in [0.717, 1.165) is 19.1 Å². The second kappa shape index (κ2) is 7.46. The molecule has 1 unspecified atom stereocenters. The van der Waals surface area contributed by atoms with Crippen LogP contribution in [0.15, 0.2) is 0 Å². The molecule has 0 spiro atoms. The first-order valence-electron chi connectivity index (χ1n) is 7.54. The Morgan fingerprint density at radius 2 is 2.06 bits per heavy atom. The number of likely N-dealkylation sites (tertiary alicyclic amines) is 1. The van der Waals surface area contributed by atoms with Gasteiger partial charge in [-0.15, -0.1) is 0 Å². The van der Waals surface area contributed by atoms with Crippen LogP contribution in [0.1, 0.15) is 40.0 Å². The highest BCUT2D eigenvalue weighted by atomic mass is 15.2. The molecule has 0 bridgehead atoms. The summed E-state index contributed by atoms with van der Waals surface area (Å²) in [6.45, 7) is 13.0. The van der Waals surface area contributed by atoms with Gasteiger partial charge in [0, 0.05) is 25.7 Å². The van der Waals surface area contributed by atoms with Crippen molar-refractivity contribution >= 4 is 0 Å². The Labute approximate surface area is 114 Å². The molecule has 1 saturated heterocycles. The Morgan fingerprint density at radius 3 is 2.67 bits per heavy atom. The fraction of sp³-hybridized carbons (Fsp3) is 1.00. The van der Waals surface area contributed by atoms with Crippen molar-refractivity contribution in [3.05, 3.63) is 0 Å². The van der Waals surface area contributed by atoms with E-state index in [-0.39, 0.29) is 0 Å². The number of piperidine rings is 1. The molecule has 1 N–H and O–H groups in total. The van der Waals surface area contributed by atoms with Gasteiger partial charge in [0.25, 0.3) is 0 Å². The van der Waals surface area contributed by atoms with Gasteiger partial charge < -0.3 is 15.1 Å². The Hall–Kier alpha value is -0.120. The zero-order valence-electron chi connectivity index (χ0n) is 13.1. The van der Waals surface area contributed by atoms with Crippen molar-refractivity contribution in [1.29, 1.82) is 0 Å². The van der Waals surface area contributed by atoms with Crippen LogP contribution in [0.2, 0.25) is 0 Å². The molecule has 0 saturated carbocycles. The standard InChI is InChI=1S/C15H33N3/c1-6-9-16-12-15(2,3)13-18-10-7-8-14(11-18)17(4)5/h14,16H,6-13H2,1-5H3. The summed E-state index contributed by atoms with van der Waals surface area (Å²) in [4.78, 5) is 5.04. The van der Waals surface area contributed by atoms with Crippen LogP contribution in [0.5, 0.6) is 0 Å². The second-order valence-electron chi connectivity index (χ2n) is 6.84. The van der Waals surface area contributed by atoms with Gasteiger partial charge >= 0.3 is 0 Å². The number of likely N-dealkylation sites (N-methyl/N-ethyl adjacent to an activating group) is 1. The molecule has 0 aromatic rings. The molecule has 0 aliphatic carbocycles. The molecule has 0 aromatic carbocycles. The van der Waals surface area contributed by atoms with Crippen molar-refractivity contribution in [1.82, 2.24) is 15.1 Å². The van der Waals surface area contributed by atoms with Crippen LogP contribution in [0, 0.1) is 5.41 Å². The number of hydrogen-bond acceptors (Lipinski definition) is 3. The molecule has 1 heterocycles. The topological polar surface area (TPSA) is 18.5 Å². The van der Waals surface area contributed by atoms with E-state index >= 15 is 0 Å². The molecule has 0 amide bonds. The smallest absolute Gasteiger partial charge is 0.0217 e. The maximum Gasteiger partial charge on any atom is 0.0217 e. The Morgan fingerprint density at radius 1 is 1.33 bits per heavy atom. The first-order chi connectivity index (χ1) is 8.44. The van der Waals surface area contributed by atoms with Crippen LogP contribution in [-0.4, -0.2) is 62.7 Å². The molecule has 3 nitrogen and oxygen atoms in total. The molecule has 0 radical (unpaired) electrons. The van der Waals surface area contributed by atoms with E-state index < -0.39 is 0 Å². The summed E-state index contributed by atoms with van der Waals surface area (Å²) in [5, 5.41) is 3.56. The van der Waals surface area contributed by atoms with Gasteiger partial charge in [-0.2, -0.15) is 0 Å². The SMILES string of the molecule is CCCNCC(C)(C)CN1CCCC(N(C)C)C1. The summed E-state index contributed by atoms with van der Waals surface area (Å²) < 4.78 is 0. The highest BCUT2D eigenvalue weighted by Crippen LogP contribution is 2.20. The highest BCUT2D eigenvalue weighted by Gasteiger charge is 2.26. The third kappa shape index (κ3) is 5.68. The lowest BCUT2D eigenvalue weighted by Crippen LogP contribution is -2.49. The van der Waals surface area contributed by atoms with Crippen LogP contribution >= 0.6 is 0 Å². The predicted octanol–water partition coefficient (Wildman–Crippen LogP) is 2.04. The minimum Gasteiger partial charge on any atom is -0.316 e. The Kier molecular flexibility index (Phi) is 6.61. The van der Waals surface area contributed by atoms with Gasteiger partial charge in [-0.1, -0.05) is 20.8 Å². The van der Waals surface area contributed by atoms with E-state index in [1.165, 1.54) is 38.9 Å². The van der Waals surface area contributed by atoms with E-state index in [1.807, 2.05) is 0 Å². The van der Waals surface area contributed by atoms with Gasteiger partial charge in [0.15, 0.2) is 0 Å². The molecule has 1 rings (SSSR count). The zero-order valence-corrected chi connectivity index (χ0v) is 13.1. The number of hydrogen-bond donors (Lipinski definition) is 1. The lowest BCUT2D eigenvalue weighted by atomic mass is 9.91. The second-order valence-corrected chi connectivity index (χ2v) is 6.84. The van der Waals surface area contributed by atoms with E-state index in [0.29, 0.717) is 5.41 Å². The van der Waals surface area contributed by atoms with Gasteiger partial charge in [0.1, 0.15) is 0 Å². The lowest BCUT2D eigenvalue weighted by molar-refractivity contribution is 0.0963. The maximum atomic E-state index is 3.56. The normalized spacial score (nSPS) is 22.7. The average molecular weight is 255 g/mol. The lowest BCUT2D eigenvalue weighted by Gasteiger charge is -2.40. The molecule has 1 atom stereocenters. The van der Waals surface area contributed by atoms with Gasteiger partial charge in [0.2, 0.25) is 0 Å². The van der Waals surface area contributed by atoms with E-state index in [2.05, 4.69) is 50.0 Å². The van der Waals surface area contributed by atoms with Gasteiger partial charge in [-0.3, -0.25) is 0 Å². The van der Waals surface area contributed by atoms with Crippen LogP contribution in [0.3, 0.4) is 0 Å². The summed E-state index contributed by atoms with van der Waals surface area (Å²) in [5.41, 5.74) is 0.378. The van der Waals surface area contributed by atoms with Crippen molar-refractivity contribution in [3.8, 4) is 0 Å². The largest absolute Gasteiger partial charge is 0.316 e. The van der Waals surface area contributed by atoms with Gasteiger partial charge in [-0.05, 0) is 51.9 Å². The molecular weight excluding hydrogens is 222 g/mol. The third-order valence-corrected chi connectivity index (χ3v) is 3.89. The number of nitrogens with one attached hydrogen (secondary N) is 1. The number of rotatable bonds is 7. The van der Waals surface area contributed by atoms with E-state index in [1.54, 1.807) is 0 Å². The van der Waals surface area contributed by atoms with Crippen LogP contribution in [0.4, 0.5) is 0 Å². The van der Waals surface area contributed by atoms with Crippen LogP contribution < -0.4 is 5.32 Å². The summed E-state index contributed by atoms with van der Waals surface area (Å²) in [7, 11) is 4.42. The van der Waals surface area contributed by atoms with Gasteiger partial charge in [0.05, 0.1) is 0 Å². The average Bonchev–Trinajstić information content (AvgIpc) is 2.28. The van der Waals surface area contributed by atoms with Crippen LogP contribution in [-0.2, 0) is 0 Å². The molecule has 18 heavy (non-hydrogen) atoms. The zero-order chi connectivity index (χ0) is 13.6. The van der Waals surface area contributed by atoms with Crippen molar-refractivity contribution in [2.45, 2.75) is 46.1 Å². The minimum atomic E-state index is 0.378. The van der Waals surface area contributed by atoms with Crippen LogP contribution in [0.25, 0.3) is 0 Å². The summed E-state index contributed by atoms with van der Waals surface area (Å²) in [6, 6.07) is 0.748. The highest BCUT2D eigenvalue weighted by molar-refractivity contribution is 4.83. The molecule has 108 valence electrons. The Bertz CT molecular complexity index is 226. The molecular formula is C15H33N3. The van der Waals surface area contributed by atoms with Crippen molar-refractivity contribution in [3.63, 3.8) is 0 Å². The first kappa shape index (κ1) is 15.9. The molecule has 1 fully saturated rings. The van der Waals surface area contributed by atoms with E-state index in [9.17, 15) is 0 Å². The van der Waals surface area contributed by atoms with Crippen molar-refractivity contribution in [2.24, 2.45) is 5.41 Å². The Balaban J connectivity index is 2.35. The summed E-state index contributed by atoms with van der Waals surface area (Å²) >= 11 is 0. The number of nitrogens with zero attached hydrogens (tertiary/aromatic N) is 2. The molecule has 0 aromatic heterocycles. The fourth-order valence-corrected chi connectivity index (χ4v) is 2.86. The molecule has 3 heteroatoms. The predicted molar refractivity (Wildman–Crippen MR) is 80.1 cm³/mol.